The minimum absolute atomic E-state index is 0.0424. The first-order valence-electron chi connectivity index (χ1n) is 7.29. The van der Waals surface area contributed by atoms with Crippen LogP contribution in [0.2, 0.25) is 0 Å². The van der Waals surface area contributed by atoms with Crippen molar-refractivity contribution in [3.8, 4) is 0 Å². The molecular formula is C17H22N2OS. The number of rotatable bonds is 5. The van der Waals surface area contributed by atoms with E-state index in [0.29, 0.717) is 6.42 Å². The van der Waals surface area contributed by atoms with Gasteiger partial charge >= 0.3 is 0 Å². The van der Waals surface area contributed by atoms with Gasteiger partial charge < -0.3 is 5.32 Å². The highest BCUT2D eigenvalue weighted by Crippen LogP contribution is 2.17. The SMILES string of the molecule is CCc1nc(C(C)NC(=O)Cc2cc(C)ccc2C)cs1. The van der Waals surface area contributed by atoms with Crippen LogP contribution in [0.4, 0.5) is 0 Å². The molecule has 1 N–H and O–H groups in total. The average molecular weight is 302 g/mol. The van der Waals surface area contributed by atoms with Gasteiger partial charge in [-0.15, -0.1) is 11.3 Å². The summed E-state index contributed by atoms with van der Waals surface area (Å²) in [6.07, 6.45) is 1.36. The fourth-order valence-electron chi connectivity index (χ4n) is 2.22. The third-order valence-corrected chi connectivity index (χ3v) is 4.56. The standard InChI is InChI=1S/C17H22N2OS/c1-5-17-19-15(10-21-17)13(4)18-16(20)9-14-8-11(2)6-7-12(14)3/h6-8,10,13H,5,9H2,1-4H3,(H,18,20). The monoisotopic (exact) mass is 302 g/mol. The number of thiazole rings is 1. The second-order valence-electron chi connectivity index (χ2n) is 5.42. The number of amides is 1. The minimum atomic E-state index is -0.0424. The number of nitrogens with one attached hydrogen (secondary N) is 1. The van der Waals surface area contributed by atoms with Crippen LogP contribution in [0, 0.1) is 13.8 Å². The molecule has 0 aliphatic heterocycles. The van der Waals surface area contributed by atoms with Crippen molar-refractivity contribution in [3.05, 3.63) is 51.0 Å². The first-order chi connectivity index (χ1) is 9.99. The minimum Gasteiger partial charge on any atom is -0.348 e. The van der Waals surface area contributed by atoms with Crippen LogP contribution in [0.15, 0.2) is 23.6 Å². The van der Waals surface area contributed by atoms with Gasteiger partial charge in [-0.2, -0.15) is 0 Å². The maximum absolute atomic E-state index is 12.2. The zero-order chi connectivity index (χ0) is 15.4. The molecule has 0 bridgehead atoms. The fourth-order valence-corrected chi connectivity index (χ4v) is 3.05. The lowest BCUT2D eigenvalue weighted by molar-refractivity contribution is -0.121. The van der Waals surface area contributed by atoms with Crippen LogP contribution in [-0.4, -0.2) is 10.9 Å². The Bertz CT molecular complexity index is 633. The Morgan fingerprint density at radius 2 is 2.14 bits per heavy atom. The van der Waals surface area contributed by atoms with E-state index in [1.807, 2.05) is 26.2 Å². The molecule has 1 heterocycles. The summed E-state index contributed by atoms with van der Waals surface area (Å²) in [5, 5.41) is 6.18. The number of aryl methyl sites for hydroxylation is 3. The number of hydrogen-bond donors (Lipinski definition) is 1. The molecule has 0 aliphatic rings. The zero-order valence-corrected chi connectivity index (χ0v) is 13.9. The Morgan fingerprint density at radius 3 is 2.81 bits per heavy atom. The highest BCUT2D eigenvalue weighted by atomic mass is 32.1. The van der Waals surface area contributed by atoms with Gasteiger partial charge in [-0.3, -0.25) is 4.79 Å². The van der Waals surface area contributed by atoms with Crippen LogP contribution in [0.3, 0.4) is 0 Å². The van der Waals surface area contributed by atoms with Crippen LogP contribution in [-0.2, 0) is 17.6 Å². The molecule has 4 heteroatoms. The molecule has 0 saturated carbocycles. The van der Waals surface area contributed by atoms with Crippen molar-refractivity contribution in [2.75, 3.05) is 0 Å². The van der Waals surface area contributed by atoms with E-state index in [0.717, 1.165) is 28.2 Å². The van der Waals surface area contributed by atoms with Crippen molar-refractivity contribution in [2.24, 2.45) is 0 Å². The van der Waals surface area contributed by atoms with E-state index in [1.165, 1.54) is 5.56 Å². The first-order valence-corrected chi connectivity index (χ1v) is 8.17. The van der Waals surface area contributed by atoms with Crippen molar-refractivity contribution in [2.45, 2.75) is 46.6 Å². The molecule has 3 nitrogen and oxygen atoms in total. The topological polar surface area (TPSA) is 42.0 Å². The number of carbonyl (C=O) groups is 1. The van der Waals surface area contributed by atoms with E-state index in [2.05, 4.69) is 35.4 Å². The van der Waals surface area contributed by atoms with Crippen molar-refractivity contribution in [1.29, 1.82) is 0 Å². The van der Waals surface area contributed by atoms with Crippen molar-refractivity contribution < 1.29 is 4.79 Å². The molecule has 1 amide bonds. The lowest BCUT2D eigenvalue weighted by Crippen LogP contribution is -2.28. The molecule has 0 aliphatic carbocycles. The molecule has 0 saturated heterocycles. The van der Waals surface area contributed by atoms with Gasteiger partial charge in [0.15, 0.2) is 0 Å². The van der Waals surface area contributed by atoms with Gasteiger partial charge in [-0.1, -0.05) is 30.7 Å². The van der Waals surface area contributed by atoms with Crippen LogP contribution in [0.1, 0.15) is 47.3 Å². The summed E-state index contributed by atoms with van der Waals surface area (Å²) in [6.45, 7) is 8.16. The van der Waals surface area contributed by atoms with Gasteiger partial charge in [0.25, 0.3) is 0 Å². The highest BCUT2D eigenvalue weighted by Gasteiger charge is 2.13. The molecule has 1 unspecified atom stereocenters. The van der Waals surface area contributed by atoms with Crippen LogP contribution < -0.4 is 5.32 Å². The number of aromatic nitrogens is 1. The van der Waals surface area contributed by atoms with E-state index in [9.17, 15) is 4.79 Å². The second kappa shape index (κ2) is 6.85. The highest BCUT2D eigenvalue weighted by molar-refractivity contribution is 7.09. The Labute approximate surface area is 130 Å². The van der Waals surface area contributed by atoms with E-state index in [4.69, 9.17) is 0 Å². The third kappa shape index (κ3) is 4.14. The van der Waals surface area contributed by atoms with Crippen LogP contribution >= 0.6 is 11.3 Å². The molecular weight excluding hydrogens is 280 g/mol. The Balaban J connectivity index is 1.99. The first kappa shape index (κ1) is 15.7. The predicted molar refractivity (Wildman–Crippen MR) is 87.7 cm³/mol. The van der Waals surface area contributed by atoms with Crippen LogP contribution in [0.25, 0.3) is 0 Å². The quantitative estimate of drug-likeness (QED) is 0.914. The van der Waals surface area contributed by atoms with Crippen molar-refractivity contribution in [1.82, 2.24) is 10.3 Å². The number of carbonyl (C=O) groups excluding carboxylic acids is 1. The maximum Gasteiger partial charge on any atom is 0.224 e. The lowest BCUT2D eigenvalue weighted by atomic mass is 10.0. The summed E-state index contributed by atoms with van der Waals surface area (Å²) >= 11 is 1.65. The molecule has 2 aromatic rings. The summed E-state index contributed by atoms with van der Waals surface area (Å²) in [4.78, 5) is 16.7. The van der Waals surface area contributed by atoms with Gasteiger partial charge in [0, 0.05) is 5.38 Å². The summed E-state index contributed by atoms with van der Waals surface area (Å²) in [6, 6.07) is 6.17. The van der Waals surface area contributed by atoms with E-state index in [-0.39, 0.29) is 11.9 Å². The normalized spacial score (nSPS) is 12.2. The smallest absolute Gasteiger partial charge is 0.224 e. The molecule has 1 atom stereocenters. The van der Waals surface area contributed by atoms with E-state index >= 15 is 0 Å². The maximum atomic E-state index is 12.2. The predicted octanol–water partition coefficient (Wildman–Crippen LogP) is 3.74. The summed E-state index contributed by atoms with van der Waals surface area (Å²) < 4.78 is 0. The Hall–Kier alpha value is -1.68. The zero-order valence-electron chi connectivity index (χ0n) is 13.1. The number of hydrogen-bond acceptors (Lipinski definition) is 3. The second-order valence-corrected chi connectivity index (χ2v) is 6.36. The van der Waals surface area contributed by atoms with Gasteiger partial charge in [-0.05, 0) is 38.3 Å². The molecule has 1 aromatic heterocycles. The van der Waals surface area contributed by atoms with Crippen molar-refractivity contribution in [3.63, 3.8) is 0 Å². The summed E-state index contributed by atoms with van der Waals surface area (Å²) in [5.74, 6) is 0.0437. The third-order valence-electron chi connectivity index (χ3n) is 3.55. The van der Waals surface area contributed by atoms with Crippen molar-refractivity contribution >= 4 is 17.2 Å². The molecule has 1 aromatic carbocycles. The Kier molecular flexibility index (Phi) is 5.12. The van der Waals surface area contributed by atoms with Gasteiger partial charge in [0.1, 0.15) is 0 Å². The van der Waals surface area contributed by atoms with Crippen LogP contribution in [0.5, 0.6) is 0 Å². The average Bonchev–Trinajstić information content (AvgIpc) is 2.91. The largest absolute Gasteiger partial charge is 0.348 e. The molecule has 0 radical (unpaired) electrons. The molecule has 0 spiro atoms. The number of nitrogens with zero attached hydrogens (tertiary/aromatic N) is 1. The molecule has 21 heavy (non-hydrogen) atoms. The van der Waals surface area contributed by atoms with Gasteiger partial charge in [0.05, 0.1) is 23.2 Å². The fraction of sp³-hybridized carbons (Fsp3) is 0.412. The Morgan fingerprint density at radius 1 is 1.38 bits per heavy atom. The van der Waals surface area contributed by atoms with Gasteiger partial charge in [-0.25, -0.2) is 4.98 Å². The lowest BCUT2D eigenvalue weighted by Gasteiger charge is -2.13. The summed E-state index contributed by atoms with van der Waals surface area (Å²) in [5.41, 5.74) is 4.38. The van der Waals surface area contributed by atoms with E-state index < -0.39 is 0 Å². The molecule has 2 rings (SSSR count). The van der Waals surface area contributed by atoms with Gasteiger partial charge in [0.2, 0.25) is 5.91 Å². The molecule has 112 valence electrons. The van der Waals surface area contributed by atoms with E-state index in [1.54, 1.807) is 11.3 Å². The number of benzene rings is 1. The molecule has 0 fully saturated rings. The summed E-state index contributed by atoms with van der Waals surface area (Å²) in [7, 11) is 0.